The Hall–Kier alpha value is -1.56. The lowest BCUT2D eigenvalue weighted by Crippen LogP contribution is -2.59. The van der Waals surface area contributed by atoms with Gasteiger partial charge in [0, 0.05) is 25.8 Å². The van der Waals surface area contributed by atoms with Crippen LogP contribution in [0.3, 0.4) is 0 Å². The molecule has 6 heteroatoms. The molecule has 1 fully saturated rings. The van der Waals surface area contributed by atoms with Crippen LogP contribution in [0.1, 0.15) is 52.7 Å². The van der Waals surface area contributed by atoms with Gasteiger partial charge in [-0.3, -0.25) is 4.68 Å². The zero-order valence-corrected chi connectivity index (χ0v) is 14.1. The van der Waals surface area contributed by atoms with Crippen molar-refractivity contribution in [3.63, 3.8) is 0 Å². The van der Waals surface area contributed by atoms with Crippen LogP contribution < -0.4 is 10.6 Å². The van der Waals surface area contributed by atoms with Gasteiger partial charge in [0.1, 0.15) is 5.60 Å². The molecule has 1 heterocycles. The monoisotopic (exact) mass is 308 g/mol. The van der Waals surface area contributed by atoms with E-state index >= 15 is 0 Å². The van der Waals surface area contributed by atoms with Gasteiger partial charge in [-0.05, 0) is 53.0 Å². The minimum absolute atomic E-state index is 0.167. The van der Waals surface area contributed by atoms with E-state index in [1.165, 1.54) is 0 Å². The first-order valence-electron chi connectivity index (χ1n) is 8.06. The van der Waals surface area contributed by atoms with E-state index < -0.39 is 5.60 Å². The van der Waals surface area contributed by atoms with Gasteiger partial charge < -0.3 is 15.4 Å². The highest BCUT2D eigenvalue weighted by atomic mass is 16.6. The van der Waals surface area contributed by atoms with Crippen molar-refractivity contribution < 1.29 is 9.53 Å². The molecule has 1 amide bonds. The summed E-state index contributed by atoms with van der Waals surface area (Å²) in [4.78, 5) is 12.0. The molecule has 124 valence electrons. The molecule has 1 aliphatic rings. The Morgan fingerprint density at radius 2 is 2.18 bits per heavy atom. The molecule has 2 N–H and O–H groups in total. The average Bonchev–Trinajstić information content (AvgIpc) is 2.80. The van der Waals surface area contributed by atoms with Gasteiger partial charge in [-0.25, -0.2) is 4.79 Å². The summed E-state index contributed by atoms with van der Waals surface area (Å²) in [6.45, 7) is 10.1. The molecule has 0 radical (unpaired) electrons. The zero-order valence-electron chi connectivity index (χ0n) is 14.1. The molecule has 0 unspecified atom stereocenters. The van der Waals surface area contributed by atoms with E-state index in [4.69, 9.17) is 4.74 Å². The number of aryl methyl sites for hydroxylation is 1. The number of hydrogen-bond donors (Lipinski definition) is 2. The third-order valence-electron chi connectivity index (χ3n) is 3.95. The normalized spacial score (nSPS) is 16.9. The Bertz CT molecular complexity index is 500. The van der Waals surface area contributed by atoms with Crippen molar-refractivity contribution in [2.24, 2.45) is 0 Å². The summed E-state index contributed by atoms with van der Waals surface area (Å²) in [6.07, 6.45) is 4.62. The number of carbonyl (C=O) groups is 1. The molecule has 0 aliphatic heterocycles. The number of aromatic nitrogens is 2. The minimum atomic E-state index is -0.462. The second kappa shape index (κ2) is 6.69. The predicted molar refractivity (Wildman–Crippen MR) is 85.6 cm³/mol. The van der Waals surface area contributed by atoms with Crippen LogP contribution in [-0.4, -0.2) is 33.6 Å². The Morgan fingerprint density at radius 3 is 2.73 bits per heavy atom. The second-order valence-corrected chi connectivity index (χ2v) is 7.00. The molecule has 0 saturated heterocycles. The summed E-state index contributed by atoms with van der Waals surface area (Å²) in [5, 5.41) is 10.8. The predicted octanol–water partition coefficient (Wildman–Crippen LogP) is 2.44. The van der Waals surface area contributed by atoms with E-state index in [2.05, 4.69) is 22.7 Å². The molecule has 2 rings (SSSR count). The first kappa shape index (κ1) is 16.8. The lowest BCUT2D eigenvalue weighted by Gasteiger charge is -2.42. The van der Waals surface area contributed by atoms with Crippen LogP contribution in [0.5, 0.6) is 0 Å². The van der Waals surface area contributed by atoms with Crippen molar-refractivity contribution in [1.82, 2.24) is 20.4 Å². The Labute approximate surface area is 132 Å². The summed E-state index contributed by atoms with van der Waals surface area (Å²) >= 11 is 0. The molecule has 0 bridgehead atoms. The third-order valence-corrected chi connectivity index (χ3v) is 3.95. The number of carbonyl (C=O) groups excluding carboxylic acids is 1. The quantitative estimate of drug-likeness (QED) is 0.847. The zero-order chi connectivity index (χ0) is 16.2. The summed E-state index contributed by atoms with van der Waals surface area (Å²) in [5.74, 6) is 0. The summed E-state index contributed by atoms with van der Waals surface area (Å²) < 4.78 is 7.34. The molecular formula is C16H28N4O2. The van der Waals surface area contributed by atoms with E-state index in [-0.39, 0.29) is 11.6 Å². The number of nitrogens with one attached hydrogen (secondary N) is 2. The van der Waals surface area contributed by atoms with Gasteiger partial charge in [-0.15, -0.1) is 0 Å². The van der Waals surface area contributed by atoms with Crippen LogP contribution in [0.15, 0.2) is 12.3 Å². The van der Waals surface area contributed by atoms with Crippen LogP contribution >= 0.6 is 0 Å². The van der Waals surface area contributed by atoms with Crippen molar-refractivity contribution in [3.8, 4) is 0 Å². The largest absolute Gasteiger partial charge is 0.444 e. The minimum Gasteiger partial charge on any atom is -0.444 e. The van der Waals surface area contributed by atoms with Crippen LogP contribution in [-0.2, 0) is 17.8 Å². The Morgan fingerprint density at radius 1 is 1.45 bits per heavy atom. The maximum Gasteiger partial charge on any atom is 0.408 e. The van der Waals surface area contributed by atoms with Crippen molar-refractivity contribution in [2.45, 2.75) is 71.2 Å². The highest BCUT2D eigenvalue weighted by molar-refractivity contribution is 5.69. The average molecular weight is 308 g/mol. The maximum absolute atomic E-state index is 12.0. The summed E-state index contributed by atoms with van der Waals surface area (Å²) in [7, 11) is 0. The fourth-order valence-electron chi connectivity index (χ4n) is 2.69. The SMILES string of the molecule is CCn1nccc1CNCC1(NC(=O)OC(C)(C)C)CCC1. The third kappa shape index (κ3) is 4.47. The number of alkyl carbamates (subject to hydrolysis) is 1. The fraction of sp³-hybridized carbons (Fsp3) is 0.750. The Kier molecular flexibility index (Phi) is 5.11. The molecular weight excluding hydrogens is 280 g/mol. The van der Waals surface area contributed by atoms with Crippen LogP contribution in [0.25, 0.3) is 0 Å². The summed E-state index contributed by atoms with van der Waals surface area (Å²) in [5.41, 5.74) is 0.532. The number of rotatable bonds is 6. The summed E-state index contributed by atoms with van der Waals surface area (Å²) in [6, 6.07) is 2.02. The van der Waals surface area contributed by atoms with Crippen LogP contribution in [0.4, 0.5) is 4.79 Å². The molecule has 1 saturated carbocycles. The molecule has 1 aliphatic carbocycles. The van der Waals surface area contributed by atoms with E-state index in [1.807, 2.05) is 37.7 Å². The molecule has 0 aromatic carbocycles. The first-order valence-corrected chi connectivity index (χ1v) is 8.06. The van der Waals surface area contributed by atoms with E-state index in [0.717, 1.165) is 44.6 Å². The van der Waals surface area contributed by atoms with Gasteiger partial charge in [0.2, 0.25) is 0 Å². The molecule has 6 nitrogen and oxygen atoms in total. The standard InChI is InChI=1S/C16H28N4O2/c1-5-20-13(7-10-18-20)11-17-12-16(8-6-9-16)19-14(21)22-15(2,3)4/h7,10,17H,5-6,8-9,11-12H2,1-4H3,(H,19,21). The van der Waals surface area contributed by atoms with E-state index in [9.17, 15) is 4.79 Å². The highest BCUT2D eigenvalue weighted by Gasteiger charge is 2.39. The molecule has 1 aromatic rings. The van der Waals surface area contributed by atoms with Crippen LogP contribution in [0, 0.1) is 0 Å². The van der Waals surface area contributed by atoms with Gasteiger partial charge in [-0.2, -0.15) is 5.10 Å². The van der Waals surface area contributed by atoms with Crippen LogP contribution in [0.2, 0.25) is 0 Å². The maximum atomic E-state index is 12.0. The van der Waals surface area contributed by atoms with Gasteiger partial charge in [0.05, 0.1) is 11.2 Å². The van der Waals surface area contributed by atoms with Crippen molar-refractivity contribution in [3.05, 3.63) is 18.0 Å². The van der Waals surface area contributed by atoms with Gasteiger partial charge in [0.15, 0.2) is 0 Å². The topological polar surface area (TPSA) is 68.2 Å². The lowest BCUT2D eigenvalue weighted by atomic mass is 9.76. The number of amides is 1. The lowest BCUT2D eigenvalue weighted by molar-refractivity contribution is 0.0382. The number of ether oxygens (including phenoxy) is 1. The van der Waals surface area contributed by atoms with Crippen molar-refractivity contribution >= 4 is 6.09 Å². The van der Waals surface area contributed by atoms with Gasteiger partial charge in [0.25, 0.3) is 0 Å². The smallest absolute Gasteiger partial charge is 0.408 e. The van der Waals surface area contributed by atoms with Crippen molar-refractivity contribution in [1.29, 1.82) is 0 Å². The Balaban J connectivity index is 1.82. The number of hydrogen-bond acceptors (Lipinski definition) is 4. The molecule has 0 atom stereocenters. The fourth-order valence-corrected chi connectivity index (χ4v) is 2.69. The second-order valence-electron chi connectivity index (χ2n) is 7.00. The molecule has 1 aromatic heterocycles. The molecule has 22 heavy (non-hydrogen) atoms. The van der Waals surface area contributed by atoms with Gasteiger partial charge in [-0.1, -0.05) is 0 Å². The van der Waals surface area contributed by atoms with Crippen molar-refractivity contribution in [2.75, 3.05) is 6.54 Å². The first-order chi connectivity index (χ1) is 10.3. The van der Waals surface area contributed by atoms with Gasteiger partial charge >= 0.3 is 6.09 Å². The van der Waals surface area contributed by atoms with E-state index in [0.29, 0.717) is 0 Å². The highest BCUT2D eigenvalue weighted by Crippen LogP contribution is 2.31. The molecule has 0 spiro atoms. The van der Waals surface area contributed by atoms with E-state index in [1.54, 1.807) is 0 Å². The number of nitrogens with zero attached hydrogens (tertiary/aromatic N) is 2.